The molecule has 2 aromatic rings. The lowest BCUT2D eigenvalue weighted by atomic mass is 10.1. The van der Waals surface area contributed by atoms with Gasteiger partial charge in [-0.3, -0.25) is 0 Å². The Labute approximate surface area is 107 Å². The van der Waals surface area contributed by atoms with E-state index in [1.807, 2.05) is 24.7 Å². The van der Waals surface area contributed by atoms with Gasteiger partial charge in [0, 0.05) is 31.5 Å². The van der Waals surface area contributed by atoms with E-state index in [9.17, 15) is 0 Å². The summed E-state index contributed by atoms with van der Waals surface area (Å²) in [6, 6.07) is 4.14. The maximum absolute atomic E-state index is 5.90. The Morgan fingerprint density at radius 1 is 1.50 bits per heavy atom. The Bertz CT molecular complexity index is 509. The third-order valence-electron chi connectivity index (χ3n) is 3.00. The summed E-state index contributed by atoms with van der Waals surface area (Å²) in [5, 5.41) is 0. The molecule has 2 heterocycles. The van der Waals surface area contributed by atoms with Crippen molar-refractivity contribution in [3.05, 3.63) is 30.9 Å². The number of pyridine rings is 1. The topological polar surface area (TPSA) is 66.0 Å². The summed E-state index contributed by atoms with van der Waals surface area (Å²) in [6.45, 7) is 2.86. The lowest BCUT2D eigenvalue weighted by Crippen LogP contribution is -2.09. The first-order valence-corrected chi connectivity index (χ1v) is 5.95. The average Bonchev–Trinajstić information content (AvgIpc) is 2.85. The fourth-order valence-corrected chi connectivity index (χ4v) is 1.93. The third-order valence-corrected chi connectivity index (χ3v) is 3.00. The highest BCUT2D eigenvalue weighted by atomic mass is 16.5. The molecule has 5 heteroatoms. The van der Waals surface area contributed by atoms with Crippen LogP contribution >= 0.6 is 0 Å². The van der Waals surface area contributed by atoms with Gasteiger partial charge in [0.25, 0.3) is 0 Å². The summed E-state index contributed by atoms with van der Waals surface area (Å²) in [5.41, 5.74) is 7.81. The van der Waals surface area contributed by atoms with Crippen LogP contribution in [0.15, 0.2) is 30.9 Å². The molecule has 0 bridgehead atoms. The molecule has 96 valence electrons. The molecule has 18 heavy (non-hydrogen) atoms. The predicted molar refractivity (Wildman–Crippen MR) is 71.1 cm³/mol. The molecule has 0 aromatic carbocycles. The Kier molecular flexibility index (Phi) is 3.94. The van der Waals surface area contributed by atoms with Crippen molar-refractivity contribution >= 4 is 5.82 Å². The minimum Gasteiger partial charge on any atom is -0.385 e. The molecule has 0 saturated heterocycles. The van der Waals surface area contributed by atoms with Crippen LogP contribution in [0, 0.1) is 0 Å². The van der Waals surface area contributed by atoms with Crippen LogP contribution in [0.1, 0.15) is 19.4 Å². The van der Waals surface area contributed by atoms with Crippen LogP contribution < -0.4 is 5.73 Å². The van der Waals surface area contributed by atoms with Crippen LogP contribution in [0.25, 0.3) is 11.3 Å². The number of nitrogens with zero attached hydrogens (tertiary/aromatic N) is 3. The molecule has 0 aliphatic carbocycles. The van der Waals surface area contributed by atoms with Gasteiger partial charge in [-0.15, -0.1) is 0 Å². The SMILES string of the molecule is COCCC(C)n1cncc1-c1cccnc1N. The van der Waals surface area contributed by atoms with E-state index < -0.39 is 0 Å². The largest absolute Gasteiger partial charge is 0.385 e. The van der Waals surface area contributed by atoms with Crippen LogP contribution in [-0.2, 0) is 4.74 Å². The Morgan fingerprint density at radius 2 is 2.33 bits per heavy atom. The van der Waals surface area contributed by atoms with Crippen LogP contribution in [0.4, 0.5) is 5.82 Å². The summed E-state index contributed by atoms with van der Waals surface area (Å²) in [6.07, 6.45) is 6.26. The molecule has 0 amide bonds. The fourth-order valence-electron chi connectivity index (χ4n) is 1.93. The van der Waals surface area contributed by atoms with Gasteiger partial charge < -0.3 is 15.0 Å². The highest BCUT2D eigenvalue weighted by molar-refractivity contribution is 5.70. The van der Waals surface area contributed by atoms with Crippen molar-refractivity contribution in [1.82, 2.24) is 14.5 Å². The molecule has 1 unspecified atom stereocenters. The number of aromatic nitrogens is 3. The van der Waals surface area contributed by atoms with Crippen molar-refractivity contribution in [2.24, 2.45) is 0 Å². The molecule has 0 aliphatic rings. The maximum Gasteiger partial charge on any atom is 0.132 e. The van der Waals surface area contributed by atoms with Gasteiger partial charge in [0.1, 0.15) is 5.82 Å². The number of hydrogen-bond acceptors (Lipinski definition) is 4. The minimum atomic E-state index is 0.307. The van der Waals surface area contributed by atoms with Crippen LogP contribution in [0.3, 0.4) is 0 Å². The van der Waals surface area contributed by atoms with E-state index in [4.69, 9.17) is 10.5 Å². The molecule has 2 N–H and O–H groups in total. The van der Waals surface area contributed by atoms with Crippen molar-refractivity contribution in [1.29, 1.82) is 0 Å². The van der Waals surface area contributed by atoms with Gasteiger partial charge >= 0.3 is 0 Å². The molecule has 0 saturated carbocycles. The second-order valence-corrected chi connectivity index (χ2v) is 4.25. The smallest absolute Gasteiger partial charge is 0.132 e. The monoisotopic (exact) mass is 246 g/mol. The number of nitrogens with two attached hydrogens (primary N) is 1. The fraction of sp³-hybridized carbons (Fsp3) is 0.385. The van der Waals surface area contributed by atoms with E-state index in [0.29, 0.717) is 11.9 Å². The zero-order valence-corrected chi connectivity index (χ0v) is 10.7. The number of methoxy groups -OCH3 is 1. The minimum absolute atomic E-state index is 0.307. The summed E-state index contributed by atoms with van der Waals surface area (Å²) in [4.78, 5) is 8.32. The van der Waals surface area contributed by atoms with Crippen molar-refractivity contribution in [3.8, 4) is 11.3 Å². The molecule has 0 aliphatic heterocycles. The van der Waals surface area contributed by atoms with Crippen molar-refractivity contribution < 1.29 is 4.74 Å². The number of imidazole rings is 1. The van der Waals surface area contributed by atoms with Gasteiger partial charge in [-0.1, -0.05) is 0 Å². The standard InChI is InChI=1S/C13H18N4O/c1-10(5-7-18-2)17-9-15-8-12(17)11-4-3-6-16-13(11)14/h3-4,6,8-10H,5,7H2,1-2H3,(H2,14,16). The molecule has 5 nitrogen and oxygen atoms in total. The van der Waals surface area contributed by atoms with E-state index in [2.05, 4.69) is 21.5 Å². The third kappa shape index (κ3) is 2.51. The quantitative estimate of drug-likeness (QED) is 0.877. The molecule has 0 radical (unpaired) electrons. The molecule has 0 fully saturated rings. The van der Waals surface area contributed by atoms with Crippen LogP contribution in [-0.4, -0.2) is 28.3 Å². The Hall–Kier alpha value is -1.88. The van der Waals surface area contributed by atoms with Crippen molar-refractivity contribution in [2.75, 3.05) is 19.5 Å². The zero-order valence-electron chi connectivity index (χ0n) is 10.7. The second kappa shape index (κ2) is 5.64. The van der Waals surface area contributed by atoms with Crippen molar-refractivity contribution in [2.45, 2.75) is 19.4 Å². The number of hydrogen-bond donors (Lipinski definition) is 1. The molecule has 0 spiro atoms. The van der Waals surface area contributed by atoms with Crippen molar-refractivity contribution in [3.63, 3.8) is 0 Å². The van der Waals surface area contributed by atoms with Crippen LogP contribution in [0.2, 0.25) is 0 Å². The predicted octanol–water partition coefficient (Wildman–Crippen LogP) is 2.12. The highest BCUT2D eigenvalue weighted by Gasteiger charge is 2.13. The maximum atomic E-state index is 5.90. The summed E-state index contributed by atoms with van der Waals surface area (Å²) >= 11 is 0. The lowest BCUT2D eigenvalue weighted by molar-refractivity contribution is 0.181. The zero-order chi connectivity index (χ0) is 13.0. The Morgan fingerprint density at radius 3 is 3.06 bits per heavy atom. The van der Waals surface area contributed by atoms with Gasteiger partial charge in [0.2, 0.25) is 0 Å². The van der Waals surface area contributed by atoms with E-state index in [1.54, 1.807) is 13.3 Å². The van der Waals surface area contributed by atoms with E-state index in [0.717, 1.165) is 24.3 Å². The summed E-state index contributed by atoms with van der Waals surface area (Å²) in [5.74, 6) is 0.526. The van der Waals surface area contributed by atoms with E-state index in [1.165, 1.54) is 0 Å². The first-order chi connectivity index (χ1) is 8.74. The first-order valence-electron chi connectivity index (χ1n) is 5.95. The number of rotatable bonds is 5. The highest BCUT2D eigenvalue weighted by Crippen LogP contribution is 2.26. The van der Waals surface area contributed by atoms with Crippen LogP contribution in [0.5, 0.6) is 0 Å². The van der Waals surface area contributed by atoms with Gasteiger partial charge in [0.15, 0.2) is 0 Å². The molecule has 1 atom stereocenters. The molecular weight excluding hydrogens is 228 g/mol. The first kappa shape index (κ1) is 12.6. The van der Waals surface area contributed by atoms with Gasteiger partial charge in [-0.2, -0.15) is 0 Å². The lowest BCUT2D eigenvalue weighted by Gasteiger charge is -2.16. The molecular formula is C13H18N4O. The normalized spacial score (nSPS) is 12.6. The summed E-state index contributed by atoms with van der Waals surface area (Å²) < 4.78 is 7.21. The van der Waals surface area contributed by atoms with Gasteiger partial charge in [-0.25, -0.2) is 9.97 Å². The molecule has 2 rings (SSSR count). The number of nitrogen functional groups attached to an aromatic ring is 1. The molecule has 2 aromatic heterocycles. The van der Waals surface area contributed by atoms with E-state index in [-0.39, 0.29) is 0 Å². The van der Waals surface area contributed by atoms with E-state index >= 15 is 0 Å². The average molecular weight is 246 g/mol. The second-order valence-electron chi connectivity index (χ2n) is 4.25. The number of ether oxygens (including phenoxy) is 1. The Balaban J connectivity index is 2.30. The number of anilines is 1. The van der Waals surface area contributed by atoms with Gasteiger partial charge in [-0.05, 0) is 25.5 Å². The van der Waals surface area contributed by atoms with Gasteiger partial charge in [0.05, 0.1) is 18.2 Å². The summed E-state index contributed by atoms with van der Waals surface area (Å²) in [7, 11) is 1.71.